The number of hydrogen-bond donors (Lipinski definition) is 3. The zero-order valence-corrected chi connectivity index (χ0v) is 23.1. The van der Waals surface area contributed by atoms with Crippen molar-refractivity contribution in [2.24, 2.45) is 0 Å². The van der Waals surface area contributed by atoms with Gasteiger partial charge >= 0.3 is 0 Å². The summed E-state index contributed by atoms with van der Waals surface area (Å²) in [5.41, 5.74) is 5.41. The standard InChI is InChI=1S/C30H33N7O3/c1-18-17-40-20(15-36(2)3)16-37(18)19-12-13-23-25(14-19)32-29(31-23)28-22-9-7-10-24(27(22)34-35-28)33-30(38)21-8-5-6-11-26(21)39-4/h5-14,18,20H,15-17H2,1-4H3,(H,31,32)(H,33,38)(H,34,35). The van der Waals surface area contributed by atoms with Gasteiger partial charge in [0.1, 0.15) is 17.0 Å². The maximum Gasteiger partial charge on any atom is 0.259 e. The number of aromatic nitrogens is 4. The molecule has 0 spiro atoms. The molecule has 1 aliphatic heterocycles. The number of morpholine rings is 1. The van der Waals surface area contributed by atoms with Gasteiger partial charge in [0.25, 0.3) is 5.91 Å². The van der Waals surface area contributed by atoms with E-state index in [2.05, 4.69) is 63.4 Å². The molecule has 0 saturated carbocycles. The van der Waals surface area contributed by atoms with Gasteiger partial charge in [-0.05, 0) is 57.4 Å². The number of methoxy groups -OCH3 is 1. The fraction of sp³-hybridized carbons (Fsp3) is 0.300. The van der Waals surface area contributed by atoms with Crippen LogP contribution in [-0.4, -0.2) is 84.0 Å². The van der Waals surface area contributed by atoms with E-state index >= 15 is 0 Å². The van der Waals surface area contributed by atoms with E-state index in [1.165, 1.54) is 0 Å². The van der Waals surface area contributed by atoms with Gasteiger partial charge in [-0.2, -0.15) is 5.10 Å². The van der Waals surface area contributed by atoms with Gasteiger partial charge in [-0.3, -0.25) is 9.89 Å². The van der Waals surface area contributed by atoms with Crippen LogP contribution in [0, 0.1) is 0 Å². The summed E-state index contributed by atoms with van der Waals surface area (Å²) < 4.78 is 11.4. The minimum Gasteiger partial charge on any atom is -0.496 e. The van der Waals surface area contributed by atoms with Crippen molar-refractivity contribution in [2.45, 2.75) is 19.1 Å². The molecule has 1 saturated heterocycles. The second kappa shape index (κ2) is 10.6. The van der Waals surface area contributed by atoms with E-state index in [4.69, 9.17) is 14.5 Å². The Morgan fingerprint density at radius 3 is 2.85 bits per heavy atom. The monoisotopic (exact) mass is 539 g/mol. The molecule has 3 aromatic carbocycles. The molecule has 5 aromatic rings. The van der Waals surface area contributed by atoms with E-state index in [-0.39, 0.29) is 18.1 Å². The molecule has 2 atom stereocenters. The zero-order valence-electron chi connectivity index (χ0n) is 23.1. The van der Waals surface area contributed by atoms with Crippen LogP contribution in [0.25, 0.3) is 33.5 Å². The van der Waals surface area contributed by atoms with Crippen molar-refractivity contribution in [3.05, 3.63) is 66.2 Å². The van der Waals surface area contributed by atoms with Crippen LogP contribution in [0.2, 0.25) is 0 Å². The number of rotatable bonds is 7. The number of nitrogens with one attached hydrogen (secondary N) is 3. The number of likely N-dealkylation sites (N-methyl/N-ethyl adjacent to an activating group) is 1. The third-order valence-electron chi connectivity index (χ3n) is 7.29. The van der Waals surface area contributed by atoms with Crippen LogP contribution in [0.15, 0.2) is 60.7 Å². The summed E-state index contributed by atoms with van der Waals surface area (Å²) in [7, 11) is 5.69. The topological polar surface area (TPSA) is 111 Å². The van der Waals surface area contributed by atoms with Crippen LogP contribution in [-0.2, 0) is 4.74 Å². The summed E-state index contributed by atoms with van der Waals surface area (Å²) in [5, 5.41) is 11.5. The van der Waals surface area contributed by atoms with Crippen LogP contribution in [0.3, 0.4) is 0 Å². The summed E-state index contributed by atoms with van der Waals surface area (Å²) in [6.45, 7) is 4.60. The molecule has 3 heterocycles. The number of anilines is 2. The number of imidazole rings is 1. The second-order valence-electron chi connectivity index (χ2n) is 10.5. The molecule has 0 aliphatic carbocycles. The van der Waals surface area contributed by atoms with E-state index in [1.54, 1.807) is 25.3 Å². The minimum atomic E-state index is -0.268. The second-order valence-corrected chi connectivity index (χ2v) is 10.5. The molecule has 40 heavy (non-hydrogen) atoms. The third kappa shape index (κ3) is 4.87. The Morgan fingerprint density at radius 2 is 2.02 bits per heavy atom. The van der Waals surface area contributed by atoms with Gasteiger partial charge < -0.3 is 29.6 Å². The molecule has 1 fully saturated rings. The third-order valence-corrected chi connectivity index (χ3v) is 7.29. The van der Waals surface area contributed by atoms with Crippen LogP contribution in [0.4, 0.5) is 11.4 Å². The molecule has 0 radical (unpaired) electrons. The van der Waals surface area contributed by atoms with Gasteiger partial charge in [0, 0.05) is 30.2 Å². The highest BCUT2D eigenvalue weighted by Gasteiger charge is 2.27. The number of fused-ring (bicyclic) bond motifs is 2. The number of para-hydroxylation sites is 2. The average molecular weight is 540 g/mol. The van der Waals surface area contributed by atoms with Crippen molar-refractivity contribution in [3.8, 4) is 17.3 Å². The Balaban J connectivity index is 1.29. The summed E-state index contributed by atoms with van der Waals surface area (Å²) in [4.78, 5) is 25.9. The quantitative estimate of drug-likeness (QED) is 0.279. The fourth-order valence-corrected chi connectivity index (χ4v) is 5.33. The number of amides is 1. The molecule has 206 valence electrons. The van der Waals surface area contributed by atoms with Crippen LogP contribution < -0.4 is 15.0 Å². The van der Waals surface area contributed by atoms with Crippen molar-refractivity contribution in [3.63, 3.8) is 0 Å². The highest BCUT2D eigenvalue weighted by molar-refractivity contribution is 6.11. The van der Waals surface area contributed by atoms with Gasteiger partial charge in [-0.25, -0.2) is 4.98 Å². The maximum atomic E-state index is 13.0. The Bertz CT molecular complexity index is 1670. The summed E-state index contributed by atoms with van der Waals surface area (Å²) in [6.07, 6.45) is 0.160. The first kappa shape index (κ1) is 25.8. The summed E-state index contributed by atoms with van der Waals surface area (Å²) in [6, 6.07) is 19.4. The molecule has 3 N–H and O–H groups in total. The smallest absolute Gasteiger partial charge is 0.259 e. The largest absolute Gasteiger partial charge is 0.496 e. The number of nitrogens with zero attached hydrogens (tertiary/aromatic N) is 4. The van der Waals surface area contributed by atoms with Crippen LogP contribution in [0.1, 0.15) is 17.3 Å². The number of H-pyrrole nitrogens is 2. The molecule has 2 unspecified atom stereocenters. The zero-order chi connectivity index (χ0) is 27.8. The SMILES string of the molecule is COc1ccccc1C(=O)Nc1cccc2c(-c3nc4ccc(N5CC(CN(C)C)OCC5C)cc4[nH]3)[nH]nc12. The first-order valence-electron chi connectivity index (χ1n) is 13.4. The first-order valence-corrected chi connectivity index (χ1v) is 13.4. The lowest BCUT2D eigenvalue weighted by Crippen LogP contribution is -2.51. The van der Waals surface area contributed by atoms with E-state index < -0.39 is 0 Å². The molecular formula is C30H33N7O3. The number of aromatic amines is 2. The lowest BCUT2D eigenvalue weighted by molar-refractivity contribution is 0.00880. The maximum absolute atomic E-state index is 13.0. The van der Waals surface area contributed by atoms with Crippen molar-refractivity contribution in [1.29, 1.82) is 0 Å². The van der Waals surface area contributed by atoms with Gasteiger partial charge in [-0.15, -0.1) is 0 Å². The van der Waals surface area contributed by atoms with Gasteiger partial charge in [0.2, 0.25) is 0 Å². The molecule has 1 aliphatic rings. The van der Waals surface area contributed by atoms with E-state index in [0.717, 1.165) is 40.9 Å². The minimum absolute atomic E-state index is 0.160. The molecule has 6 rings (SSSR count). The van der Waals surface area contributed by atoms with Crippen molar-refractivity contribution < 1.29 is 14.3 Å². The number of carbonyl (C=O) groups is 1. The molecule has 10 nitrogen and oxygen atoms in total. The van der Waals surface area contributed by atoms with Gasteiger partial charge in [-0.1, -0.05) is 24.3 Å². The summed E-state index contributed by atoms with van der Waals surface area (Å²) >= 11 is 0. The van der Waals surface area contributed by atoms with Crippen molar-refractivity contribution >= 4 is 39.2 Å². The number of carbonyl (C=O) groups excluding carboxylic acids is 1. The van der Waals surface area contributed by atoms with E-state index in [0.29, 0.717) is 34.9 Å². The number of hydrogen-bond acceptors (Lipinski definition) is 7. The average Bonchev–Trinajstić information content (AvgIpc) is 3.58. The predicted octanol–water partition coefficient (Wildman–Crippen LogP) is 4.52. The Labute approximate surface area is 232 Å². The van der Waals surface area contributed by atoms with E-state index in [9.17, 15) is 4.79 Å². The van der Waals surface area contributed by atoms with Crippen LogP contribution in [0.5, 0.6) is 5.75 Å². The normalized spacial score (nSPS) is 17.6. The first-order chi connectivity index (χ1) is 19.4. The number of ether oxygens (including phenoxy) is 2. The van der Waals surface area contributed by atoms with Crippen molar-refractivity contribution in [2.75, 3.05) is 51.1 Å². The van der Waals surface area contributed by atoms with Crippen LogP contribution >= 0.6 is 0 Å². The molecule has 10 heteroatoms. The molecular weight excluding hydrogens is 506 g/mol. The van der Waals surface area contributed by atoms with E-state index in [1.807, 2.05) is 30.3 Å². The predicted molar refractivity (Wildman–Crippen MR) is 157 cm³/mol. The molecule has 0 bridgehead atoms. The summed E-state index contributed by atoms with van der Waals surface area (Å²) in [5.74, 6) is 0.926. The lowest BCUT2D eigenvalue weighted by atomic mass is 10.1. The number of benzene rings is 3. The lowest BCUT2D eigenvalue weighted by Gasteiger charge is -2.40. The molecule has 1 amide bonds. The highest BCUT2D eigenvalue weighted by atomic mass is 16.5. The fourth-order valence-electron chi connectivity index (χ4n) is 5.33. The van der Waals surface area contributed by atoms with Gasteiger partial charge in [0.15, 0.2) is 5.82 Å². The van der Waals surface area contributed by atoms with Crippen molar-refractivity contribution in [1.82, 2.24) is 25.1 Å². The Kier molecular flexibility index (Phi) is 6.87. The Morgan fingerprint density at radius 1 is 1.18 bits per heavy atom. The Hall–Kier alpha value is -4.41. The molecule has 2 aromatic heterocycles. The highest BCUT2D eigenvalue weighted by Crippen LogP contribution is 2.32. The van der Waals surface area contributed by atoms with Gasteiger partial charge in [0.05, 0.1) is 42.1 Å².